The molecule has 2 N–H and O–H groups in total. The van der Waals surface area contributed by atoms with E-state index in [1.165, 1.54) is 5.56 Å². The molecule has 0 heterocycles. The summed E-state index contributed by atoms with van der Waals surface area (Å²) in [6.45, 7) is 7.46. The molecule has 0 amide bonds. The summed E-state index contributed by atoms with van der Waals surface area (Å²) >= 11 is 0. The van der Waals surface area contributed by atoms with Crippen molar-refractivity contribution in [1.29, 1.82) is 5.41 Å². The fourth-order valence-electron chi connectivity index (χ4n) is 2.55. The van der Waals surface area contributed by atoms with Gasteiger partial charge in [0.05, 0.1) is 5.70 Å². The van der Waals surface area contributed by atoms with Gasteiger partial charge in [-0.1, -0.05) is 36.8 Å². The van der Waals surface area contributed by atoms with Crippen LogP contribution in [0.25, 0.3) is 0 Å². The third-order valence-corrected chi connectivity index (χ3v) is 3.96. The Labute approximate surface area is 127 Å². The maximum Gasteiger partial charge on any atom is 0.175 e. The van der Waals surface area contributed by atoms with Crippen molar-refractivity contribution in [2.24, 2.45) is 0 Å². The summed E-state index contributed by atoms with van der Waals surface area (Å²) in [5.74, 6) is 0.0516. The lowest BCUT2D eigenvalue weighted by atomic mass is 9.87. The molecule has 0 aromatic heterocycles. The van der Waals surface area contributed by atoms with Gasteiger partial charge in [-0.3, -0.25) is 4.79 Å². The summed E-state index contributed by atoms with van der Waals surface area (Å²) in [4.78, 5) is 12.0. The fourth-order valence-corrected chi connectivity index (χ4v) is 2.55. The summed E-state index contributed by atoms with van der Waals surface area (Å²) in [6, 6.07) is 8.72. The van der Waals surface area contributed by atoms with Crippen LogP contribution in [0.4, 0.5) is 0 Å². The molecule has 0 radical (unpaired) electrons. The Bertz CT molecular complexity index is 580. The van der Waals surface area contributed by atoms with E-state index in [0.717, 1.165) is 24.0 Å². The summed E-state index contributed by atoms with van der Waals surface area (Å²) in [7, 11) is 0. The van der Waals surface area contributed by atoms with Crippen LogP contribution in [-0.4, -0.2) is 17.5 Å². The molecule has 0 aliphatic heterocycles. The minimum absolute atomic E-state index is 0.0162. The van der Waals surface area contributed by atoms with Crippen molar-refractivity contribution in [1.82, 2.24) is 5.32 Å². The Kier molecular flexibility index (Phi) is 4.61. The average Bonchev–Trinajstić information content (AvgIpc) is 3.22. The van der Waals surface area contributed by atoms with Crippen LogP contribution in [0.15, 0.2) is 35.5 Å². The zero-order valence-electron chi connectivity index (χ0n) is 13.3. The summed E-state index contributed by atoms with van der Waals surface area (Å²) < 4.78 is 0. The third-order valence-electron chi connectivity index (χ3n) is 3.96. The molecule has 1 aliphatic carbocycles. The number of benzene rings is 1. The van der Waals surface area contributed by atoms with Gasteiger partial charge < -0.3 is 10.7 Å². The predicted molar refractivity (Wildman–Crippen MR) is 86.9 cm³/mol. The quantitative estimate of drug-likeness (QED) is 0.617. The molecule has 0 spiro atoms. The number of aryl methyl sites for hydroxylation is 1. The molecule has 21 heavy (non-hydrogen) atoms. The Morgan fingerprint density at radius 3 is 2.24 bits per heavy atom. The zero-order valence-corrected chi connectivity index (χ0v) is 13.3. The van der Waals surface area contributed by atoms with Gasteiger partial charge in [0.15, 0.2) is 5.78 Å². The van der Waals surface area contributed by atoms with Crippen LogP contribution in [0, 0.1) is 12.3 Å². The van der Waals surface area contributed by atoms with Crippen LogP contribution in [0.5, 0.6) is 0 Å². The van der Waals surface area contributed by atoms with Gasteiger partial charge in [-0.05, 0) is 32.3 Å². The van der Waals surface area contributed by atoms with E-state index in [-0.39, 0.29) is 11.7 Å². The highest BCUT2D eigenvalue weighted by molar-refractivity contribution is 6.06. The number of carbonyl (C=O) groups is 1. The largest absolute Gasteiger partial charge is 0.379 e. The number of allylic oxidation sites excluding steroid dienone is 2. The Morgan fingerprint density at radius 2 is 1.81 bits per heavy atom. The molecule has 1 fully saturated rings. The fraction of sp³-hybridized carbons (Fsp3) is 0.444. The van der Waals surface area contributed by atoms with Gasteiger partial charge in [-0.15, -0.1) is 0 Å². The van der Waals surface area contributed by atoms with Gasteiger partial charge in [0.1, 0.15) is 0 Å². The van der Waals surface area contributed by atoms with E-state index in [0.29, 0.717) is 17.5 Å². The molecule has 1 aromatic carbocycles. The van der Waals surface area contributed by atoms with Crippen LogP contribution in [0.1, 0.15) is 50.7 Å². The first-order valence-electron chi connectivity index (χ1n) is 7.54. The maximum atomic E-state index is 12.0. The minimum atomic E-state index is 0.0162. The van der Waals surface area contributed by atoms with Crippen molar-refractivity contribution in [3.05, 3.63) is 46.7 Å². The number of nitrogens with one attached hydrogen (secondary N) is 2. The number of ketones is 1. The predicted octanol–water partition coefficient (Wildman–Crippen LogP) is 3.73. The Hall–Kier alpha value is -1.90. The lowest BCUT2D eigenvalue weighted by Gasteiger charge is -2.21. The highest BCUT2D eigenvalue weighted by atomic mass is 16.1. The molecule has 3 heteroatoms. The zero-order chi connectivity index (χ0) is 15.6. The van der Waals surface area contributed by atoms with Crippen molar-refractivity contribution in [3.8, 4) is 0 Å². The van der Waals surface area contributed by atoms with Crippen LogP contribution in [0.2, 0.25) is 0 Å². The standard InChI is InChI=1S/C18H24N2O/c1-11-5-7-15(8-6-11)12(2)17(13(3)19)18(14(4)21)20-16-9-10-16/h5-8,12,16,19-20H,9-10H2,1-4H3/b18-17-,19-13?. The SMILES string of the molecule is CC(=N)/C(=C(\NC1CC1)C(C)=O)C(C)c1ccc(C)cc1. The number of hydrogen-bond donors (Lipinski definition) is 2. The van der Waals surface area contributed by atoms with Gasteiger partial charge in [0, 0.05) is 30.2 Å². The van der Waals surface area contributed by atoms with Gasteiger partial charge in [-0.25, -0.2) is 0 Å². The van der Waals surface area contributed by atoms with Crippen molar-refractivity contribution >= 4 is 11.5 Å². The highest BCUT2D eigenvalue weighted by Crippen LogP contribution is 2.29. The van der Waals surface area contributed by atoms with E-state index < -0.39 is 0 Å². The van der Waals surface area contributed by atoms with Gasteiger partial charge in [-0.2, -0.15) is 0 Å². The van der Waals surface area contributed by atoms with E-state index in [4.69, 9.17) is 5.41 Å². The molecule has 3 nitrogen and oxygen atoms in total. The van der Waals surface area contributed by atoms with Gasteiger partial charge in [0.2, 0.25) is 0 Å². The lowest BCUT2D eigenvalue weighted by molar-refractivity contribution is -0.114. The van der Waals surface area contributed by atoms with Crippen LogP contribution < -0.4 is 5.32 Å². The molecule has 1 saturated carbocycles. The molecule has 1 unspecified atom stereocenters. The topological polar surface area (TPSA) is 53.0 Å². The second kappa shape index (κ2) is 6.25. The van der Waals surface area contributed by atoms with Crippen LogP contribution >= 0.6 is 0 Å². The van der Waals surface area contributed by atoms with E-state index in [1.54, 1.807) is 13.8 Å². The second-order valence-electron chi connectivity index (χ2n) is 6.02. The summed E-state index contributed by atoms with van der Waals surface area (Å²) in [6.07, 6.45) is 2.22. The van der Waals surface area contributed by atoms with Gasteiger partial charge >= 0.3 is 0 Å². The Morgan fingerprint density at radius 1 is 1.24 bits per heavy atom. The molecular formula is C18H24N2O. The Balaban J connectivity index is 2.41. The number of Topliss-reactive ketones (excluding diaryl/α,β-unsaturated/α-hetero) is 1. The van der Waals surface area contributed by atoms with Crippen molar-refractivity contribution in [2.75, 3.05) is 0 Å². The first kappa shape index (κ1) is 15.5. The molecule has 1 aliphatic rings. The van der Waals surface area contributed by atoms with E-state index in [1.807, 2.05) is 0 Å². The lowest BCUT2D eigenvalue weighted by Crippen LogP contribution is -2.26. The van der Waals surface area contributed by atoms with Crippen molar-refractivity contribution < 1.29 is 4.79 Å². The molecule has 0 bridgehead atoms. The maximum absolute atomic E-state index is 12.0. The third kappa shape index (κ3) is 3.81. The van der Waals surface area contributed by atoms with E-state index in [9.17, 15) is 4.79 Å². The molecule has 112 valence electrons. The smallest absolute Gasteiger partial charge is 0.175 e. The van der Waals surface area contributed by atoms with Crippen LogP contribution in [0.3, 0.4) is 0 Å². The molecular weight excluding hydrogens is 260 g/mol. The van der Waals surface area contributed by atoms with E-state index >= 15 is 0 Å². The summed E-state index contributed by atoms with van der Waals surface area (Å²) in [5, 5.41) is 11.4. The second-order valence-corrected chi connectivity index (χ2v) is 6.02. The summed E-state index contributed by atoms with van der Waals surface area (Å²) in [5.41, 5.74) is 4.25. The van der Waals surface area contributed by atoms with Crippen molar-refractivity contribution in [2.45, 2.75) is 52.5 Å². The normalized spacial score (nSPS) is 17.0. The molecule has 1 atom stereocenters. The van der Waals surface area contributed by atoms with Crippen molar-refractivity contribution in [3.63, 3.8) is 0 Å². The van der Waals surface area contributed by atoms with Gasteiger partial charge in [0.25, 0.3) is 0 Å². The molecule has 1 aromatic rings. The minimum Gasteiger partial charge on any atom is -0.379 e. The number of hydrogen-bond acceptors (Lipinski definition) is 3. The molecule has 2 rings (SSSR count). The number of rotatable bonds is 6. The average molecular weight is 284 g/mol. The van der Waals surface area contributed by atoms with E-state index in [2.05, 4.69) is 43.4 Å². The molecule has 0 saturated heterocycles. The highest BCUT2D eigenvalue weighted by Gasteiger charge is 2.27. The van der Waals surface area contributed by atoms with Crippen LogP contribution in [-0.2, 0) is 4.79 Å². The first-order chi connectivity index (χ1) is 9.90. The first-order valence-corrected chi connectivity index (χ1v) is 7.54. The monoisotopic (exact) mass is 284 g/mol. The number of carbonyl (C=O) groups excluding carboxylic acids is 1.